The molecule has 0 unspecified atom stereocenters. The average molecular weight is 421 g/mol. The van der Waals surface area contributed by atoms with E-state index in [1.807, 2.05) is 49.1 Å². The number of hydrogen-bond acceptors (Lipinski definition) is 3. The monoisotopic (exact) mass is 420 g/mol. The van der Waals surface area contributed by atoms with Crippen molar-refractivity contribution in [1.29, 1.82) is 0 Å². The molecule has 1 aliphatic rings. The Bertz CT molecular complexity index is 1080. The molecule has 4 rings (SSSR count). The molecule has 2 aromatic carbocycles. The zero-order valence-electron chi connectivity index (χ0n) is 17.6. The van der Waals surface area contributed by atoms with Crippen LogP contribution in [0.3, 0.4) is 0 Å². The Labute approximate surface area is 183 Å². The molecule has 3 aromatic rings. The van der Waals surface area contributed by atoms with Gasteiger partial charge in [-0.2, -0.15) is 0 Å². The van der Waals surface area contributed by atoms with Crippen molar-refractivity contribution in [3.63, 3.8) is 0 Å². The van der Waals surface area contributed by atoms with Gasteiger partial charge in [-0.25, -0.2) is 4.98 Å². The average Bonchev–Trinajstić information content (AvgIpc) is 2.78. The van der Waals surface area contributed by atoms with Crippen molar-refractivity contribution in [2.24, 2.45) is 5.92 Å². The second-order valence-electron chi connectivity index (χ2n) is 7.81. The molecule has 5 nitrogen and oxygen atoms in total. The SMILES string of the molecule is CCN(CC)C(=O)[C@H]1CCCN(C(=S)Nc2ccc3cc4ccccc4nc3c2)C1. The maximum absolute atomic E-state index is 12.8. The number of thiocarbonyl (C=S) groups is 1. The fourth-order valence-electron chi connectivity index (χ4n) is 4.21. The number of likely N-dealkylation sites (tertiary alicyclic amines) is 1. The van der Waals surface area contributed by atoms with Crippen LogP contribution in [0.5, 0.6) is 0 Å². The van der Waals surface area contributed by atoms with E-state index in [-0.39, 0.29) is 11.8 Å². The highest BCUT2D eigenvalue weighted by atomic mass is 32.1. The highest BCUT2D eigenvalue weighted by Gasteiger charge is 2.29. The Hall–Kier alpha value is -2.73. The van der Waals surface area contributed by atoms with Crippen LogP contribution < -0.4 is 5.32 Å². The van der Waals surface area contributed by atoms with Crippen molar-refractivity contribution in [2.75, 3.05) is 31.5 Å². The van der Waals surface area contributed by atoms with E-state index in [0.29, 0.717) is 11.7 Å². The lowest BCUT2D eigenvalue weighted by molar-refractivity contribution is -0.136. The Morgan fingerprint density at radius 2 is 1.90 bits per heavy atom. The van der Waals surface area contributed by atoms with Gasteiger partial charge < -0.3 is 15.1 Å². The van der Waals surface area contributed by atoms with Crippen molar-refractivity contribution in [1.82, 2.24) is 14.8 Å². The van der Waals surface area contributed by atoms with E-state index in [4.69, 9.17) is 17.2 Å². The lowest BCUT2D eigenvalue weighted by Gasteiger charge is -2.36. The molecular formula is C24H28N4OS. The first-order valence-electron chi connectivity index (χ1n) is 10.7. The van der Waals surface area contributed by atoms with Crippen molar-refractivity contribution in [3.05, 3.63) is 48.5 Å². The van der Waals surface area contributed by atoms with E-state index in [9.17, 15) is 4.79 Å². The third-order valence-electron chi connectivity index (χ3n) is 5.90. The summed E-state index contributed by atoms with van der Waals surface area (Å²) in [5.41, 5.74) is 2.85. The first-order chi connectivity index (χ1) is 14.6. The summed E-state index contributed by atoms with van der Waals surface area (Å²) in [6.45, 7) is 7.14. The first-order valence-corrected chi connectivity index (χ1v) is 11.1. The van der Waals surface area contributed by atoms with Gasteiger partial charge in [0, 0.05) is 42.6 Å². The minimum absolute atomic E-state index is 0.0167. The van der Waals surface area contributed by atoms with Crippen LogP contribution in [0, 0.1) is 5.92 Å². The van der Waals surface area contributed by atoms with Crippen LogP contribution in [0.4, 0.5) is 5.69 Å². The van der Waals surface area contributed by atoms with Crippen LogP contribution in [-0.4, -0.2) is 52.0 Å². The predicted molar refractivity (Wildman–Crippen MR) is 128 cm³/mol. The van der Waals surface area contributed by atoms with Crippen LogP contribution in [0.1, 0.15) is 26.7 Å². The summed E-state index contributed by atoms with van der Waals surface area (Å²) >= 11 is 5.69. The number of pyridine rings is 1. The zero-order valence-corrected chi connectivity index (χ0v) is 18.4. The molecule has 1 amide bonds. The summed E-state index contributed by atoms with van der Waals surface area (Å²) in [6, 6.07) is 16.4. The molecule has 156 valence electrons. The summed E-state index contributed by atoms with van der Waals surface area (Å²) in [4.78, 5) is 21.6. The molecular weight excluding hydrogens is 392 g/mol. The second-order valence-corrected chi connectivity index (χ2v) is 8.20. The maximum Gasteiger partial charge on any atom is 0.227 e. The third kappa shape index (κ3) is 4.24. The number of fused-ring (bicyclic) bond motifs is 2. The fraction of sp³-hybridized carbons (Fsp3) is 0.375. The highest BCUT2D eigenvalue weighted by Crippen LogP contribution is 2.24. The topological polar surface area (TPSA) is 48.5 Å². The van der Waals surface area contributed by atoms with Gasteiger partial charge in [-0.15, -0.1) is 0 Å². The number of nitrogens with one attached hydrogen (secondary N) is 1. The van der Waals surface area contributed by atoms with Crippen molar-refractivity contribution < 1.29 is 4.79 Å². The smallest absolute Gasteiger partial charge is 0.227 e. The van der Waals surface area contributed by atoms with E-state index >= 15 is 0 Å². The Morgan fingerprint density at radius 3 is 2.70 bits per heavy atom. The summed E-state index contributed by atoms with van der Waals surface area (Å²) in [5.74, 6) is 0.261. The molecule has 30 heavy (non-hydrogen) atoms. The van der Waals surface area contributed by atoms with E-state index in [1.54, 1.807) is 0 Å². The van der Waals surface area contributed by atoms with Crippen LogP contribution in [0.15, 0.2) is 48.5 Å². The van der Waals surface area contributed by atoms with Crippen LogP contribution >= 0.6 is 12.2 Å². The van der Waals surface area contributed by atoms with Crippen LogP contribution in [0.25, 0.3) is 21.8 Å². The number of aromatic nitrogens is 1. The number of carbonyl (C=O) groups is 1. The standard InChI is InChI=1S/C24H28N4OS/c1-3-27(4-2)23(29)19-9-7-13-28(16-19)24(30)25-20-12-11-18-14-17-8-5-6-10-21(17)26-22(18)15-20/h5-6,8,10-12,14-15,19H,3-4,7,9,13,16H2,1-2H3,(H,25,30)/t19-/m0/s1. The molecule has 6 heteroatoms. The van der Waals surface area contributed by atoms with Gasteiger partial charge >= 0.3 is 0 Å². The van der Waals surface area contributed by atoms with Gasteiger partial charge in [-0.1, -0.05) is 24.3 Å². The maximum atomic E-state index is 12.8. The quantitative estimate of drug-likeness (QED) is 0.491. The van der Waals surface area contributed by atoms with Gasteiger partial charge in [0.25, 0.3) is 0 Å². The number of rotatable bonds is 4. The van der Waals surface area contributed by atoms with Crippen LogP contribution in [0.2, 0.25) is 0 Å². The lowest BCUT2D eigenvalue weighted by Crippen LogP contribution is -2.47. The fourth-order valence-corrected chi connectivity index (χ4v) is 4.49. The number of amides is 1. The zero-order chi connectivity index (χ0) is 21.1. The Morgan fingerprint density at radius 1 is 1.13 bits per heavy atom. The largest absolute Gasteiger partial charge is 0.348 e. The van der Waals surface area contributed by atoms with E-state index < -0.39 is 0 Å². The van der Waals surface area contributed by atoms with Crippen LogP contribution in [-0.2, 0) is 4.79 Å². The van der Waals surface area contributed by atoms with Crippen molar-refractivity contribution in [3.8, 4) is 0 Å². The molecule has 0 aliphatic carbocycles. The van der Waals surface area contributed by atoms with Gasteiger partial charge in [0.1, 0.15) is 0 Å². The molecule has 1 atom stereocenters. The molecule has 0 bridgehead atoms. The van der Waals surface area contributed by atoms with E-state index in [1.165, 1.54) is 0 Å². The molecule has 1 aromatic heterocycles. The molecule has 1 saturated heterocycles. The minimum Gasteiger partial charge on any atom is -0.348 e. The van der Waals surface area contributed by atoms with Gasteiger partial charge in [-0.05, 0) is 63.2 Å². The first kappa shape index (κ1) is 20.5. The summed E-state index contributed by atoms with van der Waals surface area (Å²) in [7, 11) is 0. The molecule has 1 aliphatic heterocycles. The van der Waals surface area contributed by atoms with Gasteiger partial charge in [-0.3, -0.25) is 4.79 Å². The molecule has 2 heterocycles. The number of anilines is 1. The number of nitrogens with zero attached hydrogens (tertiary/aromatic N) is 3. The van der Waals surface area contributed by atoms with Gasteiger partial charge in [0.05, 0.1) is 17.0 Å². The van der Waals surface area contributed by atoms with Gasteiger partial charge in [0.2, 0.25) is 5.91 Å². The minimum atomic E-state index is 0.0167. The second kappa shape index (κ2) is 8.96. The van der Waals surface area contributed by atoms with E-state index in [2.05, 4.69) is 28.4 Å². The van der Waals surface area contributed by atoms with E-state index in [0.717, 1.165) is 60.0 Å². The number of carbonyl (C=O) groups excluding carboxylic acids is 1. The molecule has 0 radical (unpaired) electrons. The third-order valence-corrected chi connectivity index (χ3v) is 6.26. The van der Waals surface area contributed by atoms with Crippen molar-refractivity contribution in [2.45, 2.75) is 26.7 Å². The summed E-state index contributed by atoms with van der Waals surface area (Å²) < 4.78 is 0. The number of piperidine rings is 1. The summed E-state index contributed by atoms with van der Waals surface area (Å²) in [6.07, 6.45) is 1.91. The number of benzene rings is 2. The Kier molecular flexibility index (Phi) is 6.13. The Balaban J connectivity index is 1.48. The predicted octanol–water partition coefficient (Wildman–Crippen LogP) is 4.67. The number of hydrogen-bond donors (Lipinski definition) is 1. The highest BCUT2D eigenvalue weighted by molar-refractivity contribution is 7.80. The molecule has 1 fully saturated rings. The summed E-state index contributed by atoms with van der Waals surface area (Å²) in [5, 5.41) is 6.28. The molecule has 0 saturated carbocycles. The van der Waals surface area contributed by atoms with Gasteiger partial charge in [0.15, 0.2) is 5.11 Å². The normalized spacial score (nSPS) is 16.6. The molecule has 1 N–H and O–H groups in total. The van der Waals surface area contributed by atoms with Crippen molar-refractivity contribution >= 4 is 50.7 Å². The molecule has 0 spiro atoms. The lowest BCUT2D eigenvalue weighted by atomic mass is 9.96. The number of para-hydroxylation sites is 1.